The maximum Gasteiger partial charge on any atom is 0.412 e. The van der Waals surface area contributed by atoms with Crippen LogP contribution in [0.2, 0.25) is 0 Å². The van der Waals surface area contributed by atoms with E-state index in [0.717, 1.165) is 9.37 Å². The van der Waals surface area contributed by atoms with Gasteiger partial charge in [-0.1, -0.05) is 48.0 Å². The van der Waals surface area contributed by atoms with Gasteiger partial charge in [-0.05, 0) is 89.6 Å². The molecule has 0 aliphatic heterocycles. The van der Waals surface area contributed by atoms with Gasteiger partial charge in [-0.15, -0.1) is 11.8 Å². The van der Waals surface area contributed by atoms with E-state index >= 15 is 0 Å². The van der Waals surface area contributed by atoms with Gasteiger partial charge in [0.25, 0.3) is 0 Å². The van der Waals surface area contributed by atoms with Crippen LogP contribution in [-0.2, 0) is 9.53 Å². The number of ether oxygens (including phenoxy) is 1. The van der Waals surface area contributed by atoms with E-state index in [9.17, 15) is 14.7 Å². The fourth-order valence-corrected chi connectivity index (χ4v) is 5.59. The Kier molecular flexibility index (Phi) is 10.9. The third-order valence-electron chi connectivity index (χ3n) is 6.05. The van der Waals surface area contributed by atoms with Crippen molar-refractivity contribution >= 4 is 72.7 Å². The second-order valence-corrected chi connectivity index (χ2v) is 12.1. The molecule has 3 rings (SSSR count). The van der Waals surface area contributed by atoms with Gasteiger partial charge in [-0.25, -0.2) is 4.79 Å². The van der Waals surface area contributed by atoms with Crippen LogP contribution in [-0.4, -0.2) is 23.4 Å². The minimum absolute atomic E-state index is 0.0104. The van der Waals surface area contributed by atoms with Gasteiger partial charge in [-0.2, -0.15) is 0 Å². The van der Waals surface area contributed by atoms with Crippen molar-refractivity contribution in [1.82, 2.24) is 0 Å². The molecule has 2 amide bonds. The molecule has 3 aromatic rings. The number of phenolic OH excluding ortho intramolecular Hbond substituents is 1. The highest BCUT2D eigenvalue weighted by Crippen LogP contribution is 2.46. The van der Waals surface area contributed by atoms with Crippen LogP contribution in [0.5, 0.6) is 5.75 Å². The van der Waals surface area contributed by atoms with E-state index < -0.39 is 17.6 Å². The Balaban J connectivity index is 1.75. The Labute approximate surface area is 249 Å². The third kappa shape index (κ3) is 8.78. The zero-order valence-corrected chi connectivity index (χ0v) is 25.8. The first-order valence-electron chi connectivity index (χ1n) is 12.1. The molecule has 0 heterocycles. The summed E-state index contributed by atoms with van der Waals surface area (Å²) in [5.41, 5.74) is 7.35. The van der Waals surface area contributed by atoms with Gasteiger partial charge < -0.3 is 20.9 Å². The van der Waals surface area contributed by atoms with E-state index in [1.54, 1.807) is 66.4 Å². The molecule has 0 saturated heterocycles. The summed E-state index contributed by atoms with van der Waals surface area (Å²) in [6, 6.07) is 17.9. The molecule has 0 bridgehead atoms. The minimum atomic E-state index is -0.803. The van der Waals surface area contributed by atoms with E-state index in [1.165, 1.54) is 6.08 Å². The van der Waals surface area contributed by atoms with Crippen LogP contribution in [0.25, 0.3) is 0 Å². The predicted molar refractivity (Wildman–Crippen MR) is 166 cm³/mol. The molecule has 0 aliphatic rings. The number of hydrogen-bond donors (Lipinski definition) is 4. The number of allylic oxidation sites excluding steroid dienone is 1. The molecule has 0 unspecified atom stereocenters. The van der Waals surface area contributed by atoms with Crippen molar-refractivity contribution in [2.75, 3.05) is 22.6 Å². The van der Waals surface area contributed by atoms with Gasteiger partial charge >= 0.3 is 6.09 Å². The number of amides is 2. The van der Waals surface area contributed by atoms with Crippen LogP contribution >= 0.6 is 43.6 Å². The zero-order chi connectivity index (χ0) is 28.6. The normalized spacial score (nSPS) is 12.2. The molecule has 7 nitrogen and oxygen atoms in total. The molecule has 39 heavy (non-hydrogen) atoms. The molecule has 0 fully saturated rings. The monoisotopic (exact) mass is 675 g/mol. The first-order valence-corrected chi connectivity index (χ1v) is 14.9. The second-order valence-electron chi connectivity index (χ2n) is 9.47. The molecule has 10 heteroatoms. The van der Waals surface area contributed by atoms with Crippen molar-refractivity contribution in [3.8, 4) is 5.75 Å². The summed E-state index contributed by atoms with van der Waals surface area (Å²) in [5, 5.41) is 16.4. The number of nitrogens with one attached hydrogen (secondary N) is 2. The Morgan fingerprint density at radius 2 is 1.79 bits per heavy atom. The van der Waals surface area contributed by atoms with E-state index in [0.29, 0.717) is 39.9 Å². The van der Waals surface area contributed by atoms with Crippen molar-refractivity contribution < 1.29 is 19.4 Å². The summed E-state index contributed by atoms with van der Waals surface area (Å²) in [5.74, 6) is -0.303. The standard InChI is InChI=1S/C29H31Br2N3O4S/c1-29(2,15-7-6-10-25(35)34-24-9-5-4-8-23(24)32)27(21-16-18(30)17-22(31)26(21)36)38-28(37)33-19-11-13-20(39-3)14-12-19/h4-6,8-14,16-17,27,36H,7,15,32H2,1-3H3,(H,33,37)(H,34,35)/b10-6+/t27-/m1/s1. The first kappa shape index (κ1) is 30.6. The topological polar surface area (TPSA) is 114 Å². The molecular weight excluding hydrogens is 646 g/mol. The van der Waals surface area contributed by atoms with E-state index in [1.807, 2.05) is 32.2 Å². The summed E-state index contributed by atoms with van der Waals surface area (Å²) in [6.45, 7) is 3.90. The smallest absolute Gasteiger partial charge is 0.412 e. The molecule has 5 N–H and O–H groups in total. The maximum atomic E-state index is 13.0. The van der Waals surface area contributed by atoms with Gasteiger partial charge in [-0.3, -0.25) is 10.1 Å². The Hall–Kier alpha value is -2.95. The van der Waals surface area contributed by atoms with Crippen LogP contribution in [0.4, 0.5) is 21.9 Å². The molecular formula is C29H31Br2N3O4S. The van der Waals surface area contributed by atoms with E-state index in [-0.39, 0.29) is 11.7 Å². The number of anilines is 3. The summed E-state index contributed by atoms with van der Waals surface area (Å²) in [7, 11) is 0. The number of carbonyl (C=O) groups is 2. The second kappa shape index (κ2) is 13.9. The fourth-order valence-electron chi connectivity index (χ4n) is 3.92. The summed E-state index contributed by atoms with van der Waals surface area (Å²) >= 11 is 8.45. The van der Waals surface area contributed by atoms with Gasteiger partial charge in [0.2, 0.25) is 5.91 Å². The molecule has 0 aliphatic carbocycles. The van der Waals surface area contributed by atoms with Crippen molar-refractivity contribution in [2.45, 2.75) is 37.7 Å². The predicted octanol–water partition coefficient (Wildman–Crippen LogP) is 8.51. The van der Waals surface area contributed by atoms with Gasteiger partial charge in [0.15, 0.2) is 0 Å². The Bertz CT molecular complexity index is 1350. The number of aromatic hydroxyl groups is 1. The van der Waals surface area contributed by atoms with Crippen molar-refractivity contribution in [3.63, 3.8) is 0 Å². The molecule has 0 radical (unpaired) electrons. The lowest BCUT2D eigenvalue weighted by atomic mass is 9.78. The van der Waals surface area contributed by atoms with Crippen LogP contribution in [0.15, 0.2) is 86.7 Å². The number of rotatable bonds is 10. The average Bonchev–Trinajstić information content (AvgIpc) is 2.89. The van der Waals surface area contributed by atoms with Gasteiger partial charge in [0, 0.05) is 26.0 Å². The third-order valence-corrected chi connectivity index (χ3v) is 7.86. The Morgan fingerprint density at radius 3 is 2.46 bits per heavy atom. The van der Waals surface area contributed by atoms with Crippen LogP contribution in [0, 0.1) is 5.41 Å². The number of nitrogen functional groups attached to an aromatic ring is 1. The molecule has 206 valence electrons. The summed E-state index contributed by atoms with van der Waals surface area (Å²) < 4.78 is 7.14. The number of nitrogens with two attached hydrogens (primary N) is 1. The number of benzene rings is 3. The first-order chi connectivity index (χ1) is 18.5. The zero-order valence-electron chi connectivity index (χ0n) is 21.8. The number of phenols is 1. The van der Waals surface area contributed by atoms with E-state index in [2.05, 4.69) is 42.5 Å². The molecule has 3 aromatic carbocycles. The maximum absolute atomic E-state index is 13.0. The average molecular weight is 677 g/mol. The number of thioether (sulfide) groups is 1. The highest BCUT2D eigenvalue weighted by atomic mass is 79.9. The van der Waals surface area contributed by atoms with E-state index in [4.69, 9.17) is 10.5 Å². The summed E-state index contributed by atoms with van der Waals surface area (Å²) in [6.07, 6.45) is 4.83. The van der Waals surface area contributed by atoms with Gasteiger partial charge in [0.1, 0.15) is 11.9 Å². The van der Waals surface area contributed by atoms with Gasteiger partial charge in [0.05, 0.1) is 15.8 Å². The number of halogens is 2. The molecule has 0 aromatic heterocycles. The lowest BCUT2D eigenvalue weighted by molar-refractivity contribution is -0.111. The quantitative estimate of drug-likeness (QED) is 0.0973. The fraction of sp³-hybridized carbons (Fsp3) is 0.241. The number of hydrogen-bond acceptors (Lipinski definition) is 6. The van der Waals surface area contributed by atoms with Crippen molar-refractivity contribution in [2.24, 2.45) is 5.41 Å². The number of para-hydroxylation sites is 2. The van der Waals surface area contributed by atoms with Crippen LogP contribution < -0.4 is 16.4 Å². The SMILES string of the molecule is CSc1ccc(NC(=O)O[C@H](c2cc(Br)cc(Br)c2O)C(C)(C)CC/C=C/C(=O)Nc2ccccc2N)cc1. The molecule has 1 atom stereocenters. The van der Waals surface area contributed by atoms with Crippen LogP contribution in [0.1, 0.15) is 38.4 Å². The molecule has 0 saturated carbocycles. The lowest BCUT2D eigenvalue weighted by Gasteiger charge is -2.34. The minimum Gasteiger partial charge on any atom is -0.506 e. The van der Waals surface area contributed by atoms with Crippen molar-refractivity contribution in [1.29, 1.82) is 0 Å². The molecule has 0 spiro atoms. The largest absolute Gasteiger partial charge is 0.506 e. The number of carbonyl (C=O) groups excluding carboxylic acids is 2. The Morgan fingerprint density at radius 1 is 1.10 bits per heavy atom. The summed E-state index contributed by atoms with van der Waals surface area (Å²) in [4.78, 5) is 26.4. The van der Waals surface area contributed by atoms with Crippen molar-refractivity contribution in [3.05, 3.63) is 87.3 Å². The lowest BCUT2D eigenvalue weighted by Crippen LogP contribution is -2.29. The van der Waals surface area contributed by atoms with Crippen LogP contribution in [0.3, 0.4) is 0 Å². The highest BCUT2D eigenvalue weighted by molar-refractivity contribution is 9.11. The highest BCUT2D eigenvalue weighted by Gasteiger charge is 2.36.